The Morgan fingerprint density at radius 1 is 1.07 bits per heavy atom. The number of carbonyl (C=O) groups is 2. The maximum Gasteiger partial charge on any atom is 0.350 e. The molecule has 146 valence electrons. The number of pyridine rings is 1. The number of nitrogens with zero attached hydrogens (tertiary/aromatic N) is 2. The minimum Gasteiger partial charge on any atom is -0.465 e. The van der Waals surface area contributed by atoms with Crippen LogP contribution in [0, 0.1) is 27.7 Å². The monoisotopic (exact) mass is 415 g/mol. The number of anilines is 1. The van der Waals surface area contributed by atoms with Crippen molar-refractivity contribution in [3.63, 3.8) is 0 Å². The van der Waals surface area contributed by atoms with Gasteiger partial charge in [0.2, 0.25) is 5.91 Å². The first kappa shape index (κ1) is 20.3. The number of ether oxygens (including phenoxy) is 1. The topological polar surface area (TPSA) is 81.2 Å². The van der Waals surface area contributed by atoms with Crippen LogP contribution in [0.15, 0.2) is 23.2 Å². The second kappa shape index (κ2) is 8.28. The molecule has 0 saturated heterocycles. The maximum atomic E-state index is 12.3. The van der Waals surface area contributed by atoms with Crippen LogP contribution in [0.2, 0.25) is 0 Å². The van der Waals surface area contributed by atoms with Crippen molar-refractivity contribution in [1.82, 2.24) is 9.97 Å². The Balaban J connectivity index is 1.70. The Hall–Kier alpha value is -2.45. The van der Waals surface area contributed by atoms with Crippen LogP contribution >= 0.6 is 23.1 Å². The van der Waals surface area contributed by atoms with E-state index in [1.54, 1.807) is 6.92 Å². The molecule has 28 heavy (non-hydrogen) atoms. The van der Waals surface area contributed by atoms with E-state index in [4.69, 9.17) is 9.72 Å². The summed E-state index contributed by atoms with van der Waals surface area (Å²) in [7, 11) is 1.32. The number of rotatable bonds is 5. The molecule has 0 bridgehead atoms. The van der Waals surface area contributed by atoms with Gasteiger partial charge in [-0.25, -0.2) is 14.8 Å². The molecule has 1 N–H and O–H groups in total. The lowest BCUT2D eigenvalue weighted by Gasteiger charge is -2.09. The number of aryl methyl sites for hydroxylation is 4. The van der Waals surface area contributed by atoms with Gasteiger partial charge in [0.25, 0.3) is 0 Å². The van der Waals surface area contributed by atoms with Crippen molar-refractivity contribution >= 4 is 51.0 Å². The normalized spacial score (nSPS) is 10.9. The summed E-state index contributed by atoms with van der Waals surface area (Å²) in [4.78, 5) is 33.3. The molecule has 2 heterocycles. The van der Waals surface area contributed by atoms with Crippen LogP contribution in [0.3, 0.4) is 0 Å². The number of aromatic nitrogens is 2. The predicted octanol–water partition coefficient (Wildman–Crippen LogP) is 4.44. The van der Waals surface area contributed by atoms with E-state index in [0.717, 1.165) is 32.8 Å². The van der Waals surface area contributed by atoms with Crippen molar-refractivity contribution in [3.8, 4) is 0 Å². The average molecular weight is 416 g/mol. The van der Waals surface area contributed by atoms with Crippen molar-refractivity contribution in [3.05, 3.63) is 45.5 Å². The molecule has 0 aliphatic heterocycles. The molecule has 1 aromatic carbocycles. The number of esters is 1. The predicted molar refractivity (Wildman–Crippen MR) is 113 cm³/mol. The fraction of sp³-hybridized carbons (Fsp3) is 0.300. The first-order chi connectivity index (χ1) is 13.3. The third-order valence-electron chi connectivity index (χ3n) is 4.33. The van der Waals surface area contributed by atoms with E-state index in [1.807, 2.05) is 6.92 Å². The summed E-state index contributed by atoms with van der Waals surface area (Å²) in [5.74, 6) is -0.445. The number of hydrogen-bond acceptors (Lipinski definition) is 7. The lowest BCUT2D eigenvalue weighted by Crippen LogP contribution is -2.14. The summed E-state index contributed by atoms with van der Waals surface area (Å²) in [6.07, 6.45) is 0. The van der Waals surface area contributed by atoms with Gasteiger partial charge in [-0.1, -0.05) is 23.1 Å². The molecule has 3 aromatic rings. The molecule has 0 spiro atoms. The lowest BCUT2D eigenvalue weighted by atomic mass is 10.1. The van der Waals surface area contributed by atoms with Crippen LogP contribution in [0.4, 0.5) is 5.13 Å². The fourth-order valence-electron chi connectivity index (χ4n) is 2.70. The van der Waals surface area contributed by atoms with Gasteiger partial charge in [-0.15, -0.1) is 0 Å². The van der Waals surface area contributed by atoms with Gasteiger partial charge in [0.1, 0.15) is 9.90 Å². The van der Waals surface area contributed by atoms with Gasteiger partial charge in [-0.2, -0.15) is 0 Å². The summed E-state index contributed by atoms with van der Waals surface area (Å²) in [6, 6.07) is 6.30. The SMILES string of the molecule is COC(=O)c1sc(NC(=O)CSc2nc3cc(C)c(C)cc3cc2C)nc1C. The zero-order valence-electron chi connectivity index (χ0n) is 16.4. The number of benzene rings is 1. The number of nitrogens with one attached hydrogen (secondary N) is 1. The Labute approximate surface area is 171 Å². The molecular weight excluding hydrogens is 394 g/mol. The summed E-state index contributed by atoms with van der Waals surface area (Å²) in [6.45, 7) is 7.85. The number of thioether (sulfide) groups is 1. The summed E-state index contributed by atoms with van der Waals surface area (Å²) >= 11 is 2.49. The third kappa shape index (κ3) is 4.34. The van der Waals surface area contributed by atoms with Gasteiger partial charge in [-0.05, 0) is 62.6 Å². The van der Waals surface area contributed by atoms with Crippen molar-refractivity contribution in [2.45, 2.75) is 32.7 Å². The van der Waals surface area contributed by atoms with Crippen molar-refractivity contribution < 1.29 is 14.3 Å². The molecule has 0 saturated carbocycles. The fourth-order valence-corrected chi connectivity index (χ4v) is 4.39. The number of amides is 1. The molecule has 1 amide bonds. The van der Waals surface area contributed by atoms with Gasteiger partial charge in [-0.3, -0.25) is 4.79 Å². The van der Waals surface area contributed by atoms with E-state index in [9.17, 15) is 9.59 Å². The molecule has 0 atom stereocenters. The average Bonchev–Trinajstić information content (AvgIpc) is 3.01. The minimum absolute atomic E-state index is 0.198. The van der Waals surface area contributed by atoms with Crippen LogP contribution in [0.5, 0.6) is 0 Å². The molecule has 3 rings (SSSR count). The molecule has 0 unspecified atom stereocenters. The van der Waals surface area contributed by atoms with Crippen LogP contribution in [-0.4, -0.2) is 34.7 Å². The van der Waals surface area contributed by atoms with Gasteiger partial charge >= 0.3 is 5.97 Å². The van der Waals surface area contributed by atoms with E-state index in [1.165, 1.54) is 30.0 Å². The highest BCUT2D eigenvalue weighted by atomic mass is 32.2. The van der Waals surface area contributed by atoms with E-state index >= 15 is 0 Å². The first-order valence-corrected chi connectivity index (χ1v) is 10.5. The Morgan fingerprint density at radius 2 is 1.75 bits per heavy atom. The van der Waals surface area contributed by atoms with Gasteiger partial charge in [0.15, 0.2) is 5.13 Å². The zero-order valence-corrected chi connectivity index (χ0v) is 18.0. The van der Waals surface area contributed by atoms with Crippen LogP contribution in [0.25, 0.3) is 10.9 Å². The van der Waals surface area contributed by atoms with E-state index in [0.29, 0.717) is 15.7 Å². The maximum absolute atomic E-state index is 12.3. The Bertz CT molecular complexity index is 1080. The van der Waals surface area contributed by atoms with Gasteiger partial charge < -0.3 is 10.1 Å². The van der Waals surface area contributed by atoms with Crippen molar-refractivity contribution in [1.29, 1.82) is 0 Å². The highest BCUT2D eigenvalue weighted by Crippen LogP contribution is 2.27. The molecule has 0 radical (unpaired) electrons. The Morgan fingerprint density at radius 3 is 2.46 bits per heavy atom. The zero-order chi connectivity index (χ0) is 20.4. The highest BCUT2D eigenvalue weighted by Gasteiger charge is 2.17. The second-order valence-electron chi connectivity index (χ2n) is 6.50. The molecule has 8 heteroatoms. The van der Waals surface area contributed by atoms with Gasteiger partial charge in [0.05, 0.1) is 24.1 Å². The summed E-state index contributed by atoms with van der Waals surface area (Å²) < 4.78 is 4.71. The third-order valence-corrected chi connectivity index (χ3v) is 6.47. The van der Waals surface area contributed by atoms with Crippen LogP contribution < -0.4 is 5.32 Å². The number of hydrogen-bond donors (Lipinski definition) is 1. The summed E-state index contributed by atoms with van der Waals surface area (Å²) in [5.41, 5.74) is 4.93. The number of methoxy groups -OCH3 is 1. The van der Waals surface area contributed by atoms with Crippen LogP contribution in [0.1, 0.15) is 32.1 Å². The number of carbonyl (C=O) groups excluding carboxylic acids is 2. The van der Waals surface area contributed by atoms with Crippen LogP contribution in [-0.2, 0) is 9.53 Å². The van der Waals surface area contributed by atoms with Crippen molar-refractivity contribution in [2.75, 3.05) is 18.2 Å². The first-order valence-electron chi connectivity index (χ1n) is 8.65. The van der Waals surface area contributed by atoms with E-state index in [2.05, 4.69) is 42.3 Å². The van der Waals surface area contributed by atoms with E-state index in [-0.39, 0.29) is 11.7 Å². The molecule has 6 nitrogen and oxygen atoms in total. The molecule has 0 aliphatic carbocycles. The second-order valence-corrected chi connectivity index (χ2v) is 8.46. The molecule has 0 fully saturated rings. The largest absolute Gasteiger partial charge is 0.465 e. The smallest absolute Gasteiger partial charge is 0.350 e. The number of thiazole rings is 1. The quantitative estimate of drug-likeness (QED) is 0.490. The highest BCUT2D eigenvalue weighted by molar-refractivity contribution is 8.00. The molecule has 2 aromatic heterocycles. The van der Waals surface area contributed by atoms with E-state index < -0.39 is 5.97 Å². The van der Waals surface area contributed by atoms with Gasteiger partial charge in [0, 0.05) is 5.39 Å². The molecule has 0 aliphatic rings. The van der Waals surface area contributed by atoms with Crippen molar-refractivity contribution in [2.24, 2.45) is 0 Å². The Kier molecular flexibility index (Phi) is 6.00. The lowest BCUT2D eigenvalue weighted by molar-refractivity contribution is -0.113. The standard InChI is InChI=1S/C20H21N3O3S2/c1-10-6-14-7-12(3)18(22-15(14)8-11(10)2)27-9-16(24)23-20-21-13(4)17(28-20)19(25)26-5/h6-8H,9H2,1-5H3,(H,21,23,24). The summed E-state index contributed by atoms with van der Waals surface area (Å²) in [5, 5.41) is 5.05. The number of fused-ring (bicyclic) bond motifs is 1. The molecular formula is C20H21N3O3S2. The minimum atomic E-state index is -0.452.